The molecule has 7 nitrogen and oxygen atoms in total. The van der Waals surface area contributed by atoms with Crippen molar-refractivity contribution < 1.29 is 9.53 Å². The van der Waals surface area contributed by atoms with E-state index in [0.717, 1.165) is 11.4 Å². The zero-order valence-electron chi connectivity index (χ0n) is 13.8. The Hall–Kier alpha value is -2.84. The summed E-state index contributed by atoms with van der Waals surface area (Å²) in [6, 6.07) is 9.12. The van der Waals surface area contributed by atoms with Crippen LogP contribution in [0.5, 0.6) is 0 Å². The van der Waals surface area contributed by atoms with E-state index in [1.807, 2.05) is 31.2 Å². The Kier molecular flexibility index (Phi) is 5.32. The quantitative estimate of drug-likeness (QED) is 0.705. The fraction of sp³-hybridized carbons (Fsp3) is 0.176. The van der Waals surface area contributed by atoms with Gasteiger partial charge in [-0.15, -0.1) is 0 Å². The largest absolute Gasteiger partial charge is 0.378 e. The van der Waals surface area contributed by atoms with Gasteiger partial charge in [0.25, 0.3) is 5.91 Å². The maximum absolute atomic E-state index is 12.7. The number of carbonyl (C=O) groups is 1. The summed E-state index contributed by atoms with van der Waals surface area (Å²) in [6.45, 7) is 2.20. The van der Waals surface area contributed by atoms with Gasteiger partial charge in [-0.1, -0.05) is 17.4 Å². The topological polar surface area (TPSA) is 89.0 Å². The summed E-state index contributed by atoms with van der Waals surface area (Å²) >= 11 is 1.36. The van der Waals surface area contributed by atoms with Gasteiger partial charge in [-0.3, -0.25) is 9.78 Å². The Labute approximate surface area is 149 Å². The van der Waals surface area contributed by atoms with Gasteiger partial charge in [0, 0.05) is 19.0 Å². The van der Waals surface area contributed by atoms with Crippen LogP contribution in [-0.2, 0) is 11.3 Å². The van der Waals surface area contributed by atoms with E-state index in [0.29, 0.717) is 28.1 Å². The van der Waals surface area contributed by atoms with E-state index in [-0.39, 0.29) is 5.91 Å². The first kappa shape index (κ1) is 17.0. The van der Waals surface area contributed by atoms with E-state index >= 15 is 0 Å². The fourth-order valence-corrected chi connectivity index (χ4v) is 3.10. The molecule has 0 spiro atoms. The SMILES string of the molecule is COCc1nc(C(=O)Nc2cccc(C)n2)c(Nc2cccnc2)s1. The van der Waals surface area contributed by atoms with E-state index in [1.54, 1.807) is 25.6 Å². The van der Waals surface area contributed by atoms with Crippen LogP contribution in [0.25, 0.3) is 0 Å². The first-order valence-corrected chi connectivity index (χ1v) is 8.38. The second kappa shape index (κ2) is 7.82. The van der Waals surface area contributed by atoms with Crippen LogP contribution < -0.4 is 10.6 Å². The van der Waals surface area contributed by atoms with E-state index in [1.165, 1.54) is 11.3 Å². The van der Waals surface area contributed by atoms with Crippen LogP contribution in [0.2, 0.25) is 0 Å². The van der Waals surface area contributed by atoms with Crippen LogP contribution in [0, 0.1) is 6.92 Å². The van der Waals surface area contributed by atoms with Crippen LogP contribution in [-0.4, -0.2) is 28.0 Å². The monoisotopic (exact) mass is 355 g/mol. The smallest absolute Gasteiger partial charge is 0.278 e. The number of methoxy groups -OCH3 is 1. The van der Waals surface area contributed by atoms with Crippen LogP contribution in [0.3, 0.4) is 0 Å². The molecule has 0 aromatic carbocycles. The van der Waals surface area contributed by atoms with Gasteiger partial charge in [-0.2, -0.15) is 0 Å². The highest BCUT2D eigenvalue weighted by molar-refractivity contribution is 7.16. The molecule has 0 aliphatic rings. The molecule has 3 heterocycles. The molecule has 2 N–H and O–H groups in total. The van der Waals surface area contributed by atoms with Gasteiger partial charge in [0.2, 0.25) is 0 Å². The molecule has 0 saturated heterocycles. The van der Waals surface area contributed by atoms with Crippen molar-refractivity contribution in [3.63, 3.8) is 0 Å². The molecule has 3 rings (SSSR count). The van der Waals surface area contributed by atoms with E-state index < -0.39 is 0 Å². The number of aryl methyl sites for hydroxylation is 1. The maximum atomic E-state index is 12.7. The van der Waals surface area contributed by atoms with Gasteiger partial charge in [-0.05, 0) is 31.2 Å². The lowest BCUT2D eigenvalue weighted by Crippen LogP contribution is -2.15. The zero-order valence-corrected chi connectivity index (χ0v) is 14.6. The highest BCUT2D eigenvalue weighted by atomic mass is 32.1. The third-order valence-corrected chi connectivity index (χ3v) is 4.15. The van der Waals surface area contributed by atoms with Crippen molar-refractivity contribution in [2.75, 3.05) is 17.7 Å². The van der Waals surface area contributed by atoms with Gasteiger partial charge >= 0.3 is 0 Å². The normalized spacial score (nSPS) is 10.5. The molecule has 0 aliphatic carbocycles. The van der Waals surface area contributed by atoms with Crippen LogP contribution in [0.4, 0.5) is 16.5 Å². The second-order valence-corrected chi connectivity index (χ2v) is 6.29. The average molecular weight is 355 g/mol. The molecule has 3 aromatic heterocycles. The van der Waals surface area contributed by atoms with E-state index in [9.17, 15) is 4.79 Å². The minimum Gasteiger partial charge on any atom is -0.378 e. The third kappa shape index (κ3) is 4.37. The van der Waals surface area contributed by atoms with Gasteiger partial charge in [0.1, 0.15) is 15.8 Å². The molecule has 0 fully saturated rings. The van der Waals surface area contributed by atoms with Crippen molar-refractivity contribution in [3.8, 4) is 0 Å². The third-order valence-electron chi connectivity index (χ3n) is 3.20. The van der Waals surface area contributed by atoms with E-state index in [2.05, 4.69) is 25.6 Å². The zero-order chi connectivity index (χ0) is 17.6. The number of hydrogen-bond donors (Lipinski definition) is 2. The van der Waals surface area contributed by atoms with Crippen molar-refractivity contribution in [2.45, 2.75) is 13.5 Å². The number of hydrogen-bond acceptors (Lipinski definition) is 7. The average Bonchev–Trinajstić information content (AvgIpc) is 2.99. The van der Waals surface area contributed by atoms with Crippen molar-refractivity contribution in [3.05, 3.63) is 59.1 Å². The molecule has 0 bridgehead atoms. The van der Waals surface area contributed by atoms with Gasteiger partial charge in [-0.25, -0.2) is 9.97 Å². The highest BCUT2D eigenvalue weighted by Crippen LogP contribution is 2.29. The predicted octanol–water partition coefficient (Wildman–Crippen LogP) is 3.38. The Bertz CT molecular complexity index is 866. The van der Waals surface area contributed by atoms with Gasteiger partial charge < -0.3 is 15.4 Å². The first-order valence-electron chi connectivity index (χ1n) is 7.56. The molecule has 8 heteroatoms. The molecule has 0 unspecified atom stereocenters. The van der Waals surface area contributed by atoms with Crippen molar-refractivity contribution >= 4 is 33.8 Å². The molecule has 0 radical (unpaired) electrons. The highest BCUT2D eigenvalue weighted by Gasteiger charge is 2.19. The number of aromatic nitrogens is 3. The number of ether oxygens (including phenoxy) is 1. The Balaban J connectivity index is 1.86. The summed E-state index contributed by atoms with van der Waals surface area (Å²) in [6.07, 6.45) is 3.37. The number of amides is 1. The minimum absolute atomic E-state index is 0.296. The fourth-order valence-electron chi connectivity index (χ4n) is 2.14. The summed E-state index contributed by atoms with van der Waals surface area (Å²) < 4.78 is 5.12. The lowest BCUT2D eigenvalue weighted by atomic mass is 10.3. The second-order valence-electron chi connectivity index (χ2n) is 5.20. The Morgan fingerprint density at radius 3 is 2.84 bits per heavy atom. The Morgan fingerprint density at radius 2 is 2.12 bits per heavy atom. The summed E-state index contributed by atoms with van der Waals surface area (Å²) in [7, 11) is 1.59. The Morgan fingerprint density at radius 1 is 1.24 bits per heavy atom. The maximum Gasteiger partial charge on any atom is 0.278 e. The molecule has 1 amide bonds. The molecule has 0 aliphatic heterocycles. The summed E-state index contributed by atoms with van der Waals surface area (Å²) in [4.78, 5) is 25.4. The summed E-state index contributed by atoms with van der Waals surface area (Å²) in [5.74, 6) is 0.154. The molecule has 128 valence electrons. The number of nitrogens with one attached hydrogen (secondary N) is 2. The molecule has 0 atom stereocenters. The van der Waals surface area contributed by atoms with Crippen LogP contribution in [0.1, 0.15) is 21.2 Å². The molecular weight excluding hydrogens is 338 g/mol. The lowest BCUT2D eigenvalue weighted by molar-refractivity contribution is 0.102. The number of anilines is 3. The molecular formula is C17H17N5O2S. The standard InChI is InChI=1S/C17H17N5O2S/c1-11-5-3-7-13(19-11)21-16(23)15-17(25-14(22-15)10-24-2)20-12-6-4-8-18-9-12/h3-9,20H,10H2,1-2H3,(H,19,21,23). The predicted molar refractivity (Wildman–Crippen MR) is 97.3 cm³/mol. The lowest BCUT2D eigenvalue weighted by Gasteiger charge is -2.07. The molecule has 3 aromatic rings. The first-order chi connectivity index (χ1) is 12.2. The molecule has 25 heavy (non-hydrogen) atoms. The number of rotatable bonds is 6. The van der Waals surface area contributed by atoms with Crippen molar-refractivity contribution in [1.29, 1.82) is 0 Å². The number of pyridine rings is 2. The van der Waals surface area contributed by atoms with Crippen molar-refractivity contribution in [2.24, 2.45) is 0 Å². The molecule has 0 saturated carbocycles. The summed E-state index contributed by atoms with van der Waals surface area (Å²) in [5.41, 5.74) is 1.90. The van der Waals surface area contributed by atoms with E-state index in [4.69, 9.17) is 4.74 Å². The van der Waals surface area contributed by atoms with Gasteiger partial charge in [0.05, 0.1) is 18.5 Å². The number of thiazole rings is 1. The summed E-state index contributed by atoms with van der Waals surface area (Å²) in [5, 5.41) is 7.30. The van der Waals surface area contributed by atoms with Crippen LogP contribution >= 0.6 is 11.3 Å². The van der Waals surface area contributed by atoms with Crippen LogP contribution in [0.15, 0.2) is 42.7 Å². The number of carbonyl (C=O) groups excluding carboxylic acids is 1. The minimum atomic E-state index is -0.330. The van der Waals surface area contributed by atoms with Crippen molar-refractivity contribution in [1.82, 2.24) is 15.0 Å². The van der Waals surface area contributed by atoms with Gasteiger partial charge in [0.15, 0.2) is 5.69 Å². The number of nitrogens with zero attached hydrogens (tertiary/aromatic N) is 3.